The molecule has 1 atom stereocenters. The van der Waals surface area contributed by atoms with Gasteiger partial charge in [-0.2, -0.15) is 0 Å². The van der Waals surface area contributed by atoms with E-state index in [0.29, 0.717) is 5.92 Å². The smallest absolute Gasteiger partial charge is 0.0209 e. The summed E-state index contributed by atoms with van der Waals surface area (Å²) in [5, 5.41) is 0. The average molecular weight is 224 g/mol. The molecule has 88 valence electrons. The Morgan fingerprint density at radius 3 is 3.06 bits per heavy atom. The Hall–Kier alpha value is -1.70. The molecule has 0 spiro atoms. The van der Waals surface area contributed by atoms with Crippen LogP contribution in [0.3, 0.4) is 0 Å². The minimum atomic E-state index is 0.440. The topological polar surface area (TPSA) is 0 Å². The highest BCUT2D eigenvalue weighted by atomic mass is 14.0. The van der Waals surface area contributed by atoms with Gasteiger partial charge in [0.15, 0.2) is 0 Å². The van der Waals surface area contributed by atoms with E-state index in [-0.39, 0.29) is 0 Å². The molecule has 1 rings (SSSR count). The third-order valence-corrected chi connectivity index (χ3v) is 2.54. The van der Waals surface area contributed by atoms with E-state index < -0.39 is 0 Å². The first-order chi connectivity index (χ1) is 8.24. The molecule has 0 heteroatoms. The van der Waals surface area contributed by atoms with E-state index in [0.717, 1.165) is 12.8 Å². The van der Waals surface area contributed by atoms with E-state index in [1.165, 1.54) is 11.1 Å². The zero-order valence-electron chi connectivity index (χ0n) is 11.0. The lowest BCUT2D eigenvalue weighted by molar-refractivity contribution is 0.771. The summed E-state index contributed by atoms with van der Waals surface area (Å²) in [6.07, 6.45) is 14.4. The second-order valence-electron chi connectivity index (χ2n) is 4.19. The van der Waals surface area contributed by atoms with Crippen LogP contribution in [0.2, 0.25) is 0 Å². The van der Waals surface area contributed by atoms with Gasteiger partial charge < -0.3 is 0 Å². The van der Waals surface area contributed by atoms with Crippen molar-refractivity contribution in [2.75, 3.05) is 0 Å². The first kappa shape index (κ1) is 13.4. The first-order valence-electron chi connectivity index (χ1n) is 6.19. The molecule has 0 radical (unpaired) electrons. The lowest BCUT2D eigenvalue weighted by Gasteiger charge is -2.00. The van der Waals surface area contributed by atoms with E-state index in [4.69, 9.17) is 0 Å². The summed E-state index contributed by atoms with van der Waals surface area (Å²) >= 11 is 0. The maximum atomic E-state index is 3.23. The van der Waals surface area contributed by atoms with Crippen LogP contribution in [0.15, 0.2) is 53.3 Å². The fourth-order valence-electron chi connectivity index (χ4n) is 1.52. The van der Waals surface area contributed by atoms with Gasteiger partial charge in [0.05, 0.1) is 0 Å². The van der Waals surface area contributed by atoms with Gasteiger partial charge in [0.1, 0.15) is 0 Å². The molecule has 0 heterocycles. The molecule has 0 aromatic carbocycles. The van der Waals surface area contributed by atoms with Crippen LogP contribution in [0.5, 0.6) is 0 Å². The average Bonchev–Trinajstić information content (AvgIpc) is 2.52. The molecule has 17 heavy (non-hydrogen) atoms. The van der Waals surface area contributed by atoms with E-state index in [2.05, 4.69) is 56.6 Å². The molecule has 0 bridgehead atoms. The summed E-state index contributed by atoms with van der Waals surface area (Å²) in [5.74, 6) is 6.80. The van der Waals surface area contributed by atoms with Crippen LogP contribution in [0.1, 0.15) is 33.6 Å². The SMILES string of the molecule is CCC#CC(C)CC=CC1=C(C)C=C=CC=C1. The Labute approximate surface area is 105 Å². The molecule has 0 aromatic heterocycles. The number of hydrogen-bond donors (Lipinski definition) is 0. The quantitative estimate of drug-likeness (QED) is 0.486. The summed E-state index contributed by atoms with van der Waals surface area (Å²) < 4.78 is 0. The van der Waals surface area contributed by atoms with E-state index >= 15 is 0 Å². The van der Waals surface area contributed by atoms with Gasteiger partial charge in [-0.1, -0.05) is 44.1 Å². The van der Waals surface area contributed by atoms with Gasteiger partial charge in [-0.3, -0.25) is 0 Å². The Bertz CT molecular complexity index is 452. The van der Waals surface area contributed by atoms with E-state index in [9.17, 15) is 0 Å². The van der Waals surface area contributed by atoms with Crippen molar-refractivity contribution in [3.05, 3.63) is 53.3 Å². The maximum absolute atomic E-state index is 3.23. The molecule has 1 unspecified atom stereocenters. The van der Waals surface area contributed by atoms with Gasteiger partial charge in [0.2, 0.25) is 0 Å². The van der Waals surface area contributed by atoms with Gasteiger partial charge in [-0.15, -0.1) is 11.7 Å². The van der Waals surface area contributed by atoms with Crippen molar-refractivity contribution in [2.24, 2.45) is 5.92 Å². The van der Waals surface area contributed by atoms with Crippen LogP contribution in [-0.2, 0) is 0 Å². The van der Waals surface area contributed by atoms with Crippen molar-refractivity contribution >= 4 is 0 Å². The Morgan fingerprint density at radius 1 is 1.47 bits per heavy atom. The van der Waals surface area contributed by atoms with Gasteiger partial charge in [0.25, 0.3) is 0 Å². The van der Waals surface area contributed by atoms with Crippen LogP contribution >= 0.6 is 0 Å². The number of hydrogen-bond acceptors (Lipinski definition) is 0. The van der Waals surface area contributed by atoms with Crippen molar-refractivity contribution in [3.8, 4) is 11.8 Å². The molecule has 0 saturated carbocycles. The molecule has 1 aliphatic carbocycles. The highest BCUT2D eigenvalue weighted by Crippen LogP contribution is 2.12. The summed E-state index contributed by atoms with van der Waals surface area (Å²) in [6.45, 7) is 6.36. The first-order valence-corrected chi connectivity index (χ1v) is 6.19. The zero-order valence-corrected chi connectivity index (χ0v) is 11.0. The van der Waals surface area contributed by atoms with Crippen molar-refractivity contribution in [1.29, 1.82) is 0 Å². The second-order valence-corrected chi connectivity index (χ2v) is 4.19. The Balaban J connectivity index is 2.58. The van der Waals surface area contributed by atoms with Gasteiger partial charge in [0, 0.05) is 12.3 Å². The number of allylic oxidation sites excluding steroid dienone is 7. The van der Waals surface area contributed by atoms with Gasteiger partial charge >= 0.3 is 0 Å². The minimum absolute atomic E-state index is 0.440. The Kier molecular flexibility index (Phi) is 5.94. The normalized spacial score (nSPS) is 15.9. The zero-order chi connectivity index (χ0) is 12.5. The molecular formula is C17H20. The molecule has 0 fully saturated rings. The Morgan fingerprint density at radius 2 is 2.29 bits per heavy atom. The minimum Gasteiger partial charge on any atom is -0.121 e. The van der Waals surface area contributed by atoms with Gasteiger partial charge in [-0.05, 0) is 36.6 Å². The molecule has 1 aliphatic rings. The number of rotatable bonds is 3. The molecule has 0 amide bonds. The fourth-order valence-corrected chi connectivity index (χ4v) is 1.52. The van der Waals surface area contributed by atoms with Crippen LogP contribution in [0.4, 0.5) is 0 Å². The van der Waals surface area contributed by atoms with Crippen LogP contribution in [0.25, 0.3) is 0 Å². The van der Waals surface area contributed by atoms with E-state index in [1.54, 1.807) is 0 Å². The van der Waals surface area contributed by atoms with Crippen molar-refractivity contribution < 1.29 is 0 Å². The largest absolute Gasteiger partial charge is 0.121 e. The summed E-state index contributed by atoms with van der Waals surface area (Å²) in [5.41, 5.74) is 5.60. The monoisotopic (exact) mass is 224 g/mol. The third kappa shape index (κ3) is 5.25. The maximum Gasteiger partial charge on any atom is 0.0209 e. The van der Waals surface area contributed by atoms with Crippen molar-refractivity contribution in [2.45, 2.75) is 33.6 Å². The lowest BCUT2D eigenvalue weighted by Crippen LogP contribution is -1.87. The van der Waals surface area contributed by atoms with Gasteiger partial charge in [-0.25, -0.2) is 0 Å². The second kappa shape index (κ2) is 7.55. The lowest BCUT2D eigenvalue weighted by atomic mass is 10.1. The van der Waals surface area contributed by atoms with Crippen LogP contribution < -0.4 is 0 Å². The predicted molar refractivity (Wildman–Crippen MR) is 75.5 cm³/mol. The summed E-state index contributed by atoms with van der Waals surface area (Å²) in [7, 11) is 0. The van der Waals surface area contributed by atoms with Crippen LogP contribution in [-0.4, -0.2) is 0 Å². The molecule has 0 nitrogen and oxygen atoms in total. The highest BCUT2D eigenvalue weighted by molar-refractivity contribution is 5.42. The molecule has 0 N–H and O–H groups in total. The highest BCUT2D eigenvalue weighted by Gasteiger charge is 1.95. The molecule has 0 saturated heterocycles. The van der Waals surface area contributed by atoms with E-state index in [1.807, 2.05) is 18.2 Å². The predicted octanol–water partition coefficient (Wildman–Crippen LogP) is 4.58. The molecular weight excluding hydrogens is 204 g/mol. The summed E-state index contributed by atoms with van der Waals surface area (Å²) in [6, 6.07) is 0. The molecule has 0 aromatic rings. The van der Waals surface area contributed by atoms with Crippen molar-refractivity contribution in [3.63, 3.8) is 0 Å². The van der Waals surface area contributed by atoms with Crippen LogP contribution in [0, 0.1) is 17.8 Å². The fraction of sp³-hybridized carbons (Fsp3) is 0.353. The standard InChI is InChI=1S/C17H20/c1-4-5-10-15(2)11-9-14-17-13-8-6-7-12-16(17)3/h6,8-9,12-15H,4,11H2,1-3H3. The molecule has 0 aliphatic heterocycles. The summed E-state index contributed by atoms with van der Waals surface area (Å²) in [4.78, 5) is 0. The third-order valence-electron chi connectivity index (χ3n) is 2.54. The van der Waals surface area contributed by atoms with Crippen molar-refractivity contribution in [1.82, 2.24) is 0 Å².